The van der Waals surface area contributed by atoms with Crippen LogP contribution in [0, 0.1) is 0 Å². The standard InChI is InChI=1S/C15H17N3O2/c19-13-5-3-4-12(13)17-14-8-7-11(10-16-14)18-9-2-1-6-15(18)20/h1-2,6-10,12-13,19H,3-5H2,(H,16,17). The van der Waals surface area contributed by atoms with E-state index >= 15 is 0 Å². The topological polar surface area (TPSA) is 67.2 Å². The molecule has 0 radical (unpaired) electrons. The number of aliphatic hydroxyl groups excluding tert-OH is 1. The molecule has 104 valence electrons. The molecule has 5 heteroatoms. The van der Waals surface area contributed by atoms with Crippen molar-refractivity contribution < 1.29 is 5.11 Å². The van der Waals surface area contributed by atoms with Gasteiger partial charge in [0.15, 0.2) is 0 Å². The van der Waals surface area contributed by atoms with Crippen molar-refractivity contribution >= 4 is 5.82 Å². The van der Waals surface area contributed by atoms with Crippen molar-refractivity contribution in [2.24, 2.45) is 0 Å². The lowest BCUT2D eigenvalue weighted by Gasteiger charge is -2.17. The molecule has 0 amide bonds. The summed E-state index contributed by atoms with van der Waals surface area (Å²) in [5, 5.41) is 13.0. The summed E-state index contributed by atoms with van der Waals surface area (Å²) in [6.07, 6.45) is 5.92. The first kappa shape index (κ1) is 12.9. The summed E-state index contributed by atoms with van der Waals surface area (Å²) in [5.74, 6) is 0.726. The lowest BCUT2D eigenvalue weighted by molar-refractivity contribution is 0.171. The first-order valence-corrected chi connectivity index (χ1v) is 6.83. The minimum absolute atomic E-state index is 0.0767. The molecule has 2 unspecified atom stereocenters. The highest BCUT2D eigenvalue weighted by molar-refractivity contribution is 5.42. The number of hydrogen-bond donors (Lipinski definition) is 2. The van der Waals surface area contributed by atoms with Crippen molar-refractivity contribution in [2.45, 2.75) is 31.4 Å². The summed E-state index contributed by atoms with van der Waals surface area (Å²) in [7, 11) is 0. The van der Waals surface area contributed by atoms with Crippen molar-refractivity contribution in [3.05, 3.63) is 53.1 Å². The average molecular weight is 271 g/mol. The lowest BCUT2D eigenvalue weighted by atomic mass is 10.2. The summed E-state index contributed by atoms with van der Waals surface area (Å²) >= 11 is 0. The van der Waals surface area contributed by atoms with Crippen LogP contribution in [0.4, 0.5) is 5.82 Å². The fourth-order valence-corrected chi connectivity index (χ4v) is 2.55. The molecule has 2 N–H and O–H groups in total. The third-order valence-corrected chi connectivity index (χ3v) is 3.66. The summed E-state index contributed by atoms with van der Waals surface area (Å²) in [4.78, 5) is 16.0. The first-order valence-electron chi connectivity index (χ1n) is 6.83. The van der Waals surface area contributed by atoms with E-state index in [1.165, 1.54) is 6.07 Å². The van der Waals surface area contributed by atoms with Crippen LogP contribution in [-0.4, -0.2) is 26.8 Å². The zero-order chi connectivity index (χ0) is 13.9. The van der Waals surface area contributed by atoms with Gasteiger partial charge in [-0.25, -0.2) is 4.98 Å². The quantitative estimate of drug-likeness (QED) is 0.889. The predicted molar refractivity (Wildman–Crippen MR) is 77.1 cm³/mol. The number of nitrogens with one attached hydrogen (secondary N) is 1. The normalized spacial score (nSPS) is 21.9. The van der Waals surface area contributed by atoms with Gasteiger partial charge in [-0.1, -0.05) is 6.07 Å². The molecule has 0 spiro atoms. The van der Waals surface area contributed by atoms with Crippen LogP contribution in [0.3, 0.4) is 0 Å². The first-order chi connectivity index (χ1) is 9.74. The number of nitrogens with zero attached hydrogens (tertiary/aromatic N) is 2. The highest BCUT2D eigenvalue weighted by atomic mass is 16.3. The van der Waals surface area contributed by atoms with Gasteiger partial charge in [-0.05, 0) is 37.5 Å². The van der Waals surface area contributed by atoms with E-state index in [0.717, 1.165) is 30.8 Å². The van der Waals surface area contributed by atoms with Gasteiger partial charge in [0.2, 0.25) is 0 Å². The van der Waals surface area contributed by atoms with Crippen molar-refractivity contribution in [3.63, 3.8) is 0 Å². The minimum atomic E-state index is -0.298. The number of hydrogen-bond acceptors (Lipinski definition) is 4. The zero-order valence-electron chi connectivity index (χ0n) is 11.1. The van der Waals surface area contributed by atoms with Gasteiger partial charge < -0.3 is 10.4 Å². The van der Waals surface area contributed by atoms with E-state index in [4.69, 9.17) is 0 Å². The maximum absolute atomic E-state index is 11.7. The van der Waals surface area contributed by atoms with Crippen LogP contribution in [0.15, 0.2) is 47.5 Å². The molecule has 2 heterocycles. The number of pyridine rings is 2. The van der Waals surface area contributed by atoms with E-state index in [2.05, 4.69) is 10.3 Å². The van der Waals surface area contributed by atoms with Crippen LogP contribution in [0.2, 0.25) is 0 Å². The van der Waals surface area contributed by atoms with Crippen LogP contribution in [0.5, 0.6) is 0 Å². The van der Waals surface area contributed by atoms with E-state index in [0.29, 0.717) is 0 Å². The molecule has 2 aromatic rings. The van der Waals surface area contributed by atoms with Gasteiger partial charge in [0.1, 0.15) is 5.82 Å². The van der Waals surface area contributed by atoms with Crippen LogP contribution < -0.4 is 10.9 Å². The second-order valence-corrected chi connectivity index (χ2v) is 5.06. The van der Waals surface area contributed by atoms with Crippen LogP contribution in [0.25, 0.3) is 5.69 Å². The number of rotatable bonds is 3. The zero-order valence-corrected chi connectivity index (χ0v) is 11.1. The van der Waals surface area contributed by atoms with Crippen LogP contribution in [-0.2, 0) is 0 Å². The van der Waals surface area contributed by atoms with E-state index in [1.807, 2.05) is 18.2 Å². The average Bonchev–Trinajstić information content (AvgIpc) is 2.86. The molecule has 0 aromatic carbocycles. The van der Waals surface area contributed by atoms with E-state index < -0.39 is 0 Å². The molecular formula is C15H17N3O2. The Morgan fingerprint density at radius 1 is 1.25 bits per heavy atom. The molecule has 1 fully saturated rings. The van der Waals surface area contributed by atoms with Crippen LogP contribution in [0.1, 0.15) is 19.3 Å². The van der Waals surface area contributed by atoms with Gasteiger partial charge in [0.25, 0.3) is 5.56 Å². The van der Waals surface area contributed by atoms with Gasteiger partial charge in [-0.15, -0.1) is 0 Å². The highest BCUT2D eigenvalue weighted by Gasteiger charge is 2.24. The Labute approximate surface area is 116 Å². The van der Waals surface area contributed by atoms with Crippen molar-refractivity contribution in [2.75, 3.05) is 5.32 Å². The number of anilines is 1. The molecule has 5 nitrogen and oxygen atoms in total. The summed E-state index contributed by atoms with van der Waals surface area (Å²) in [5.41, 5.74) is 0.648. The second kappa shape index (κ2) is 5.46. The van der Waals surface area contributed by atoms with E-state index in [-0.39, 0.29) is 17.7 Å². The van der Waals surface area contributed by atoms with Gasteiger partial charge >= 0.3 is 0 Å². The molecule has 0 bridgehead atoms. The summed E-state index contributed by atoms with van der Waals surface area (Å²) in [6.45, 7) is 0. The van der Waals surface area contributed by atoms with Gasteiger partial charge in [-0.3, -0.25) is 9.36 Å². The van der Waals surface area contributed by atoms with Gasteiger partial charge in [-0.2, -0.15) is 0 Å². The molecule has 3 rings (SSSR count). The smallest absolute Gasteiger partial charge is 0.255 e. The van der Waals surface area contributed by atoms with Gasteiger partial charge in [0, 0.05) is 12.3 Å². The minimum Gasteiger partial charge on any atom is -0.391 e. The molecule has 1 saturated carbocycles. The van der Waals surface area contributed by atoms with Gasteiger partial charge in [0.05, 0.1) is 24.0 Å². The third-order valence-electron chi connectivity index (χ3n) is 3.66. The highest BCUT2D eigenvalue weighted by Crippen LogP contribution is 2.22. The maximum Gasteiger partial charge on any atom is 0.255 e. The number of aromatic nitrogens is 2. The SMILES string of the molecule is O=c1ccccn1-c1ccc(NC2CCCC2O)nc1. The number of aliphatic hydroxyl groups is 1. The Kier molecular flexibility index (Phi) is 3.52. The molecule has 1 aliphatic carbocycles. The fraction of sp³-hybridized carbons (Fsp3) is 0.333. The molecule has 0 aliphatic heterocycles. The van der Waals surface area contributed by atoms with E-state index in [1.54, 1.807) is 23.0 Å². The Morgan fingerprint density at radius 2 is 2.15 bits per heavy atom. The Morgan fingerprint density at radius 3 is 2.80 bits per heavy atom. The Balaban J connectivity index is 1.78. The van der Waals surface area contributed by atoms with Crippen molar-refractivity contribution in [1.82, 2.24) is 9.55 Å². The lowest BCUT2D eigenvalue weighted by Crippen LogP contribution is -2.28. The molecule has 1 aliphatic rings. The summed E-state index contributed by atoms with van der Waals surface area (Å²) < 4.78 is 1.54. The fourth-order valence-electron chi connectivity index (χ4n) is 2.55. The maximum atomic E-state index is 11.7. The van der Waals surface area contributed by atoms with E-state index in [9.17, 15) is 9.90 Å². The summed E-state index contributed by atoms with van der Waals surface area (Å²) in [6, 6.07) is 8.79. The largest absolute Gasteiger partial charge is 0.391 e. The third kappa shape index (κ3) is 2.58. The van der Waals surface area contributed by atoms with Crippen LogP contribution >= 0.6 is 0 Å². The van der Waals surface area contributed by atoms with Crippen molar-refractivity contribution in [1.29, 1.82) is 0 Å². The monoisotopic (exact) mass is 271 g/mol. The predicted octanol–water partition coefficient (Wildman–Crippen LogP) is 1.56. The Bertz CT molecular complexity index is 636. The molecule has 20 heavy (non-hydrogen) atoms. The molecule has 2 atom stereocenters. The van der Waals surface area contributed by atoms with Crippen molar-refractivity contribution in [3.8, 4) is 5.69 Å². The Hall–Kier alpha value is -2.14. The second-order valence-electron chi connectivity index (χ2n) is 5.06. The molecule has 0 saturated heterocycles. The molecular weight excluding hydrogens is 254 g/mol. The molecule has 2 aromatic heterocycles.